The number of pyridine rings is 1. The first kappa shape index (κ1) is 23.2. The van der Waals surface area contributed by atoms with E-state index >= 15 is 0 Å². The van der Waals surface area contributed by atoms with E-state index in [0.717, 1.165) is 44.7 Å². The van der Waals surface area contributed by atoms with E-state index in [9.17, 15) is 13.2 Å². The molecular formula is C25H28F3N5. The van der Waals surface area contributed by atoms with Crippen LogP contribution >= 0.6 is 0 Å². The third kappa shape index (κ3) is 5.17. The Morgan fingerprint density at radius 3 is 2.91 bits per heavy atom. The largest absolute Gasteiger partial charge is 0.433 e. The van der Waals surface area contributed by atoms with Crippen molar-refractivity contribution in [2.45, 2.75) is 32.0 Å². The Balaban J connectivity index is 1.43. The smallest absolute Gasteiger partial charge is 0.361 e. The fraction of sp³-hybridized carbons (Fsp3) is 0.360. The molecule has 1 aliphatic heterocycles. The highest BCUT2D eigenvalue weighted by Crippen LogP contribution is 2.36. The monoisotopic (exact) mass is 455 g/mol. The quantitative estimate of drug-likeness (QED) is 0.539. The second kappa shape index (κ2) is 9.49. The summed E-state index contributed by atoms with van der Waals surface area (Å²) in [4.78, 5) is 5.63. The normalized spacial score (nSPS) is 19.5. The number of allylic oxidation sites excluding steroid dienone is 1. The van der Waals surface area contributed by atoms with Crippen molar-refractivity contribution in [2.75, 3.05) is 31.5 Å². The summed E-state index contributed by atoms with van der Waals surface area (Å²) in [6, 6.07) is 7.00. The lowest BCUT2D eigenvalue weighted by Gasteiger charge is -2.35. The summed E-state index contributed by atoms with van der Waals surface area (Å²) < 4.78 is 38.6. The number of rotatable bonds is 6. The van der Waals surface area contributed by atoms with Gasteiger partial charge in [-0.05, 0) is 65.3 Å². The molecule has 4 rings (SSSR count). The van der Waals surface area contributed by atoms with Crippen LogP contribution in [0.4, 0.5) is 18.9 Å². The number of benzene rings is 1. The Kier molecular flexibility index (Phi) is 6.67. The average molecular weight is 456 g/mol. The van der Waals surface area contributed by atoms with Crippen LogP contribution in [0.25, 0.3) is 5.57 Å². The molecule has 2 aromatic rings. The first-order valence-corrected chi connectivity index (χ1v) is 11.0. The minimum atomic E-state index is -4.50. The average Bonchev–Trinajstić information content (AvgIpc) is 3.18. The minimum absolute atomic E-state index is 0.187. The van der Waals surface area contributed by atoms with E-state index in [1.807, 2.05) is 0 Å². The van der Waals surface area contributed by atoms with E-state index in [-0.39, 0.29) is 11.7 Å². The summed E-state index contributed by atoms with van der Waals surface area (Å²) in [5, 5.41) is 14.2. The van der Waals surface area contributed by atoms with E-state index in [1.54, 1.807) is 6.20 Å². The number of nitrogens with zero attached hydrogens (tertiary/aromatic N) is 2. The van der Waals surface area contributed by atoms with Crippen LogP contribution in [0.1, 0.15) is 40.4 Å². The Hall–Kier alpha value is -2.97. The van der Waals surface area contributed by atoms with Crippen molar-refractivity contribution < 1.29 is 13.2 Å². The van der Waals surface area contributed by atoms with E-state index in [0.29, 0.717) is 12.1 Å². The second-order valence-corrected chi connectivity index (χ2v) is 8.59. The van der Waals surface area contributed by atoms with Gasteiger partial charge >= 0.3 is 6.18 Å². The molecule has 0 unspecified atom stereocenters. The van der Waals surface area contributed by atoms with Crippen molar-refractivity contribution >= 4 is 17.5 Å². The molecule has 33 heavy (non-hydrogen) atoms. The highest BCUT2D eigenvalue weighted by Gasteiger charge is 2.32. The summed E-state index contributed by atoms with van der Waals surface area (Å²) in [5.41, 5.74) is 6.53. The van der Waals surface area contributed by atoms with Gasteiger partial charge in [0.05, 0.1) is 0 Å². The molecule has 0 spiro atoms. The topological polar surface area (TPSA) is 64.0 Å². The Labute approximate surface area is 191 Å². The molecule has 1 aliphatic carbocycles. The van der Waals surface area contributed by atoms with Crippen molar-refractivity contribution in [1.82, 2.24) is 15.2 Å². The number of hydrogen-bond donors (Lipinski definition) is 3. The number of alkyl halides is 3. The zero-order valence-corrected chi connectivity index (χ0v) is 18.6. The highest BCUT2D eigenvalue weighted by atomic mass is 19.4. The molecule has 174 valence electrons. The van der Waals surface area contributed by atoms with Crippen LogP contribution in [0, 0.1) is 12.3 Å². The first-order valence-electron chi connectivity index (χ1n) is 11.0. The van der Waals surface area contributed by atoms with Crippen LogP contribution in [0.3, 0.4) is 0 Å². The zero-order chi connectivity index (χ0) is 23.6. The fourth-order valence-corrected chi connectivity index (χ4v) is 4.62. The van der Waals surface area contributed by atoms with Gasteiger partial charge in [0.1, 0.15) is 5.69 Å². The number of nitrogens with one attached hydrogen (secondary N) is 3. The number of fused-ring (bicyclic) bond motifs is 1. The minimum Gasteiger partial charge on any atom is -0.361 e. The molecule has 1 aromatic carbocycles. The van der Waals surface area contributed by atoms with Gasteiger partial charge in [-0.2, -0.15) is 13.2 Å². The van der Waals surface area contributed by atoms with Gasteiger partial charge < -0.3 is 16.0 Å². The molecule has 3 N–H and O–H groups in total. The highest BCUT2D eigenvalue weighted by molar-refractivity contribution is 5.77. The van der Waals surface area contributed by atoms with E-state index < -0.39 is 11.9 Å². The summed E-state index contributed by atoms with van der Waals surface area (Å²) in [6.45, 7) is 9.34. The standard InChI is InChI=1S/C25H28F3N5/c1-16-3-4-21-17(2)22(6-5-20(16)21)23-15-33(10-9-30-23)14-18(12-29)13-32-19-7-8-31-24(11-19)25(26,27)28/h5-8,11-13,23,29-30H,1,3-4,9-10,14-15H2,2H3,(H,31,32)/b18-13+,29-12?/t23-/m0/s1. The molecule has 1 fully saturated rings. The van der Waals surface area contributed by atoms with Gasteiger partial charge in [0.2, 0.25) is 0 Å². The molecule has 8 heteroatoms. The Morgan fingerprint density at radius 2 is 2.15 bits per heavy atom. The first-order chi connectivity index (χ1) is 15.8. The molecule has 5 nitrogen and oxygen atoms in total. The van der Waals surface area contributed by atoms with Crippen LogP contribution < -0.4 is 10.6 Å². The number of piperazine rings is 1. The molecule has 2 heterocycles. The van der Waals surface area contributed by atoms with Gasteiger partial charge in [0.25, 0.3) is 0 Å². The van der Waals surface area contributed by atoms with E-state index in [2.05, 4.69) is 46.2 Å². The van der Waals surface area contributed by atoms with Crippen LogP contribution in [0.15, 0.2) is 48.8 Å². The van der Waals surface area contributed by atoms with Gasteiger partial charge in [-0.3, -0.25) is 9.88 Å². The number of hydrogen-bond acceptors (Lipinski definition) is 5. The van der Waals surface area contributed by atoms with Gasteiger partial charge in [-0.15, -0.1) is 0 Å². The van der Waals surface area contributed by atoms with Crippen molar-refractivity contribution in [3.63, 3.8) is 0 Å². The molecular weight excluding hydrogens is 427 g/mol. The predicted molar refractivity (Wildman–Crippen MR) is 125 cm³/mol. The Morgan fingerprint density at radius 1 is 1.33 bits per heavy atom. The van der Waals surface area contributed by atoms with Crippen LogP contribution in [0.5, 0.6) is 0 Å². The number of aromatic nitrogens is 1. The Bertz CT molecular complexity index is 1090. The van der Waals surface area contributed by atoms with Crippen molar-refractivity contribution in [1.29, 1.82) is 5.41 Å². The summed E-state index contributed by atoms with van der Waals surface area (Å²) >= 11 is 0. The molecule has 2 aliphatic rings. The van der Waals surface area contributed by atoms with E-state index in [4.69, 9.17) is 5.41 Å². The lowest BCUT2D eigenvalue weighted by Crippen LogP contribution is -2.46. The lowest BCUT2D eigenvalue weighted by molar-refractivity contribution is -0.141. The third-order valence-corrected chi connectivity index (χ3v) is 6.40. The van der Waals surface area contributed by atoms with Crippen molar-refractivity contribution in [3.05, 3.63) is 76.8 Å². The fourth-order valence-electron chi connectivity index (χ4n) is 4.62. The van der Waals surface area contributed by atoms with Gasteiger partial charge in [-0.1, -0.05) is 18.7 Å². The maximum atomic E-state index is 12.9. The van der Waals surface area contributed by atoms with Gasteiger partial charge in [0.15, 0.2) is 0 Å². The second-order valence-electron chi connectivity index (χ2n) is 8.59. The summed E-state index contributed by atoms with van der Waals surface area (Å²) in [5.74, 6) is 0. The molecule has 1 saturated heterocycles. The predicted octanol–water partition coefficient (Wildman–Crippen LogP) is 4.96. The van der Waals surface area contributed by atoms with Crippen LogP contribution in [-0.4, -0.2) is 42.3 Å². The van der Waals surface area contributed by atoms with Gasteiger partial charge in [0, 0.05) is 56.5 Å². The van der Waals surface area contributed by atoms with Crippen LogP contribution in [0.2, 0.25) is 0 Å². The maximum absolute atomic E-state index is 12.9. The molecule has 0 bridgehead atoms. The molecule has 0 saturated carbocycles. The molecule has 0 amide bonds. The molecule has 1 atom stereocenters. The van der Waals surface area contributed by atoms with Gasteiger partial charge in [-0.25, -0.2) is 0 Å². The van der Waals surface area contributed by atoms with Crippen molar-refractivity contribution in [2.24, 2.45) is 0 Å². The van der Waals surface area contributed by atoms with Crippen LogP contribution in [-0.2, 0) is 12.6 Å². The lowest BCUT2D eigenvalue weighted by atomic mass is 9.92. The number of anilines is 1. The van der Waals surface area contributed by atoms with Crippen molar-refractivity contribution in [3.8, 4) is 0 Å². The summed E-state index contributed by atoms with van der Waals surface area (Å²) in [7, 11) is 0. The summed E-state index contributed by atoms with van der Waals surface area (Å²) in [6.07, 6.45) is 1.52. The third-order valence-electron chi connectivity index (χ3n) is 6.40. The SMILES string of the molecule is C=C1CCc2c1ccc([C@@H]1CN(C/C(C=N)=C/Nc3ccnc(C(F)(F)F)c3)CCN1)c2C. The molecule has 1 aromatic heterocycles. The maximum Gasteiger partial charge on any atom is 0.433 e. The van der Waals surface area contributed by atoms with E-state index in [1.165, 1.54) is 40.1 Å². The molecule has 0 radical (unpaired) electrons. The number of halogens is 3. The zero-order valence-electron chi connectivity index (χ0n) is 18.6.